The van der Waals surface area contributed by atoms with Gasteiger partial charge >= 0.3 is 0 Å². The van der Waals surface area contributed by atoms with Gasteiger partial charge in [-0.25, -0.2) is 0 Å². The van der Waals surface area contributed by atoms with Crippen LogP contribution in [0.1, 0.15) is 11.1 Å². The molecule has 11 rings (SSSR count). The quantitative estimate of drug-likeness (QED) is 0.184. The third-order valence-corrected chi connectivity index (χ3v) is 11.1. The van der Waals surface area contributed by atoms with Gasteiger partial charge in [0.25, 0.3) is 0 Å². The van der Waals surface area contributed by atoms with Crippen molar-refractivity contribution >= 4 is 65.4 Å². The van der Waals surface area contributed by atoms with Crippen LogP contribution in [-0.2, 0) is 0 Å². The zero-order valence-corrected chi connectivity index (χ0v) is 29.5. The Morgan fingerprint density at radius 3 is 1.55 bits per heavy atom. The predicted octanol–water partition coefficient (Wildman–Crippen LogP) is 12.4. The van der Waals surface area contributed by atoms with E-state index in [9.17, 15) is 10.5 Å². The van der Waals surface area contributed by atoms with Crippen molar-refractivity contribution in [1.82, 2.24) is 13.7 Å². The lowest BCUT2D eigenvalue weighted by molar-refractivity contribution is 1.16. The molecule has 254 valence electrons. The summed E-state index contributed by atoms with van der Waals surface area (Å²) in [6, 6.07) is 65.9. The van der Waals surface area contributed by atoms with E-state index in [2.05, 4.69) is 153 Å². The number of hydrogen-bond acceptors (Lipinski definition) is 2. The van der Waals surface area contributed by atoms with E-state index in [0.717, 1.165) is 82.8 Å². The molecule has 55 heavy (non-hydrogen) atoms. The van der Waals surface area contributed by atoms with E-state index in [4.69, 9.17) is 0 Å². The molecule has 5 heteroatoms. The van der Waals surface area contributed by atoms with Crippen LogP contribution in [0.3, 0.4) is 0 Å². The van der Waals surface area contributed by atoms with E-state index >= 15 is 0 Å². The molecular weight excluding hydrogens is 671 g/mol. The van der Waals surface area contributed by atoms with Gasteiger partial charge in [-0.05, 0) is 72.8 Å². The van der Waals surface area contributed by atoms with E-state index in [1.807, 2.05) is 48.5 Å². The fourth-order valence-electron chi connectivity index (χ4n) is 8.83. The first kappa shape index (κ1) is 30.7. The minimum Gasteiger partial charge on any atom is -0.309 e. The van der Waals surface area contributed by atoms with E-state index in [0.29, 0.717) is 11.1 Å². The van der Waals surface area contributed by atoms with Crippen LogP contribution in [0.4, 0.5) is 0 Å². The van der Waals surface area contributed by atoms with Gasteiger partial charge in [-0.3, -0.25) is 0 Å². The minimum atomic E-state index is 0.585. The summed E-state index contributed by atoms with van der Waals surface area (Å²) in [5, 5.41) is 27.4. The molecule has 0 aliphatic heterocycles. The van der Waals surface area contributed by atoms with Crippen molar-refractivity contribution in [3.63, 3.8) is 0 Å². The van der Waals surface area contributed by atoms with Crippen molar-refractivity contribution < 1.29 is 0 Å². The number of fused-ring (bicyclic) bond motifs is 9. The van der Waals surface area contributed by atoms with E-state index < -0.39 is 0 Å². The molecule has 0 spiro atoms. The SMILES string of the molecule is N#Cc1ccc2c3ccccc3n(-c3ccc(C#N)c(-c4ccccc4-n4c5ccccc5c5c(-n6c7ccccc7c7ccccc76)cccc54)c3)c2c1. The van der Waals surface area contributed by atoms with Crippen LogP contribution in [0.2, 0.25) is 0 Å². The zero-order valence-electron chi connectivity index (χ0n) is 29.5. The van der Waals surface area contributed by atoms with Gasteiger partial charge in [-0.15, -0.1) is 0 Å². The number of nitrogens with zero attached hydrogens (tertiary/aromatic N) is 5. The lowest BCUT2D eigenvalue weighted by Crippen LogP contribution is -2.00. The predicted molar refractivity (Wildman–Crippen MR) is 224 cm³/mol. The maximum Gasteiger partial charge on any atom is 0.0998 e. The van der Waals surface area contributed by atoms with Gasteiger partial charge < -0.3 is 13.7 Å². The fourth-order valence-corrected chi connectivity index (χ4v) is 8.83. The Kier molecular flexibility index (Phi) is 6.61. The van der Waals surface area contributed by atoms with Crippen LogP contribution in [0.5, 0.6) is 0 Å². The molecule has 0 aliphatic carbocycles. The third-order valence-electron chi connectivity index (χ3n) is 11.1. The lowest BCUT2D eigenvalue weighted by Gasteiger charge is -2.17. The standard InChI is InChI=1S/C50H29N5/c51-30-32-24-27-39-37-14-1-6-17-42(37)53(49(39)28-32)34-26-25-33(31-52)41(29-34)38-15-4-9-20-45(38)55-46-21-10-5-16-40(46)50-47(22-11-23-48(50)55)54-43-18-7-2-12-35(43)36-13-3-8-19-44(36)54/h1-29H. The largest absolute Gasteiger partial charge is 0.309 e. The molecule has 0 amide bonds. The van der Waals surface area contributed by atoms with Crippen molar-refractivity contribution in [1.29, 1.82) is 10.5 Å². The smallest absolute Gasteiger partial charge is 0.0998 e. The highest BCUT2D eigenvalue weighted by Gasteiger charge is 2.22. The molecule has 0 aliphatic rings. The summed E-state index contributed by atoms with van der Waals surface area (Å²) in [6.07, 6.45) is 0. The summed E-state index contributed by atoms with van der Waals surface area (Å²) in [6.45, 7) is 0. The summed E-state index contributed by atoms with van der Waals surface area (Å²) in [5.74, 6) is 0. The Balaban J connectivity index is 1.19. The average Bonchev–Trinajstić information content (AvgIpc) is 3.89. The second kappa shape index (κ2) is 11.8. The lowest BCUT2D eigenvalue weighted by atomic mass is 9.97. The van der Waals surface area contributed by atoms with Crippen molar-refractivity contribution in [3.05, 3.63) is 187 Å². The molecule has 0 N–H and O–H groups in total. The summed E-state index contributed by atoms with van der Waals surface area (Å²) in [5.41, 5.74) is 12.5. The highest BCUT2D eigenvalue weighted by molar-refractivity contribution is 6.17. The molecule has 5 nitrogen and oxygen atoms in total. The second-order valence-electron chi connectivity index (χ2n) is 13.9. The molecule has 8 aromatic carbocycles. The molecule has 0 atom stereocenters. The Labute approximate surface area is 316 Å². The monoisotopic (exact) mass is 699 g/mol. The van der Waals surface area contributed by atoms with Crippen LogP contribution in [0.25, 0.3) is 93.6 Å². The van der Waals surface area contributed by atoms with Crippen LogP contribution < -0.4 is 0 Å². The van der Waals surface area contributed by atoms with Crippen molar-refractivity contribution in [2.24, 2.45) is 0 Å². The normalized spacial score (nSPS) is 11.6. The highest BCUT2D eigenvalue weighted by atomic mass is 15.0. The Hall–Kier alpha value is -7.86. The summed E-state index contributed by atoms with van der Waals surface area (Å²) >= 11 is 0. The first-order valence-corrected chi connectivity index (χ1v) is 18.3. The Morgan fingerprint density at radius 2 is 0.873 bits per heavy atom. The van der Waals surface area contributed by atoms with Gasteiger partial charge in [0.1, 0.15) is 0 Å². The maximum absolute atomic E-state index is 10.6. The van der Waals surface area contributed by atoms with Crippen molar-refractivity contribution in [2.75, 3.05) is 0 Å². The minimum absolute atomic E-state index is 0.585. The number of rotatable bonds is 4. The molecule has 0 unspecified atom stereocenters. The van der Waals surface area contributed by atoms with E-state index in [1.165, 1.54) is 10.8 Å². The van der Waals surface area contributed by atoms with Crippen LogP contribution in [0.15, 0.2) is 176 Å². The summed E-state index contributed by atoms with van der Waals surface area (Å²) < 4.78 is 6.96. The number of para-hydroxylation sites is 5. The third kappa shape index (κ3) is 4.39. The molecule has 0 fully saturated rings. The van der Waals surface area contributed by atoms with E-state index in [-0.39, 0.29) is 0 Å². The van der Waals surface area contributed by atoms with Crippen molar-refractivity contribution in [3.8, 4) is 40.3 Å². The average molecular weight is 700 g/mol. The first-order valence-electron chi connectivity index (χ1n) is 18.3. The molecular formula is C50H29N5. The van der Waals surface area contributed by atoms with Gasteiger partial charge in [-0.2, -0.15) is 10.5 Å². The van der Waals surface area contributed by atoms with Crippen LogP contribution in [0, 0.1) is 22.7 Å². The van der Waals surface area contributed by atoms with Gasteiger partial charge in [0.2, 0.25) is 0 Å². The first-order chi connectivity index (χ1) is 27.2. The summed E-state index contributed by atoms with van der Waals surface area (Å²) in [7, 11) is 0. The molecule has 0 radical (unpaired) electrons. The van der Waals surface area contributed by atoms with Gasteiger partial charge in [0, 0.05) is 49.1 Å². The molecule has 0 bridgehead atoms. The Morgan fingerprint density at radius 1 is 0.345 bits per heavy atom. The van der Waals surface area contributed by atoms with Crippen LogP contribution >= 0.6 is 0 Å². The second-order valence-corrected chi connectivity index (χ2v) is 13.9. The summed E-state index contributed by atoms with van der Waals surface area (Å²) in [4.78, 5) is 0. The van der Waals surface area contributed by atoms with Gasteiger partial charge in [-0.1, -0.05) is 103 Å². The molecule has 11 aromatic rings. The molecule has 3 aromatic heterocycles. The molecule has 3 heterocycles. The number of nitriles is 2. The fraction of sp³-hybridized carbons (Fsp3) is 0. The number of aromatic nitrogens is 3. The topological polar surface area (TPSA) is 62.4 Å². The maximum atomic E-state index is 10.6. The molecule has 0 saturated heterocycles. The molecule has 0 saturated carbocycles. The van der Waals surface area contributed by atoms with E-state index in [1.54, 1.807) is 0 Å². The Bertz CT molecular complexity index is 3420. The van der Waals surface area contributed by atoms with Gasteiger partial charge in [0.15, 0.2) is 0 Å². The van der Waals surface area contributed by atoms with Crippen molar-refractivity contribution in [2.45, 2.75) is 0 Å². The zero-order chi connectivity index (χ0) is 36.6. The number of hydrogen-bond donors (Lipinski definition) is 0. The highest BCUT2D eigenvalue weighted by Crippen LogP contribution is 2.42. The van der Waals surface area contributed by atoms with Gasteiger partial charge in [0.05, 0.1) is 67.7 Å². The number of benzene rings is 8. The van der Waals surface area contributed by atoms with Crippen LogP contribution in [-0.4, -0.2) is 13.7 Å².